The lowest BCUT2D eigenvalue weighted by Gasteiger charge is -2.36. The predicted molar refractivity (Wildman–Crippen MR) is 128 cm³/mol. The molecule has 3 aromatic rings. The van der Waals surface area contributed by atoms with Crippen LogP contribution >= 0.6 is 0 Å². The minimum atomic E-state index is -4.89. The highest BCUT2D eigenvalue weighted by atomic mass is 19.4. The Morgan fingerprint density at radius 2 is 1.64 bits per heavy atom. The average Bonchev–Trinajstić information content (AvgIpc) is 3.40. The van der Waals surface area contributed by atoms with Gasteiger partial charge in [-0.3, -0.25) is 9.59 Å². The number of hydrogen-bond donors (Lipinski definition) is 3. The topological polar surface area (TPSA) is 157 Å². The Morgan fingerprint density at radius 3 is 2.21 bits per heavy atom. The van der Waals surface area contributed by atoms with Gasteiger partial charge in [-0.1, -0.05) is 24.3 Å². The molecular weight excluding hydrogens is 525 g/mol. The SMILES string of the molecule is O=C(Cc1ccc(N2CCN(C(=O)C(O)C(O)C(=O)O)CC2)nc1)c1oc(-c2ccccc2)nc1C(F)(F)F. The largest absolute Gasteiger partial charge is 0.479 e. The fourth-order valence-electron chi connectivity index (χ4n) is 3.99. The normalized spacial score (nSPS) is 15.6. The molecule has 11 nitrogen and oxygen atoms in total. The summed E-state index contributed by atoms with van der Waals surface area (Å²) in [7, 11) is 0. The zero-order valence-corrected chi connectivity index (χ0v) is 20.2. The quantitative estimate of drug-likeness (QED) is 0.354. The molecule has 2 aromatic heterocycles. The Labute approximate surface area is 219 Å². The molecule has 1 aromatic carbocycles. The van der Waals surface area contributed by atoms with Gasteiger partial charge in [-0.15, -0.1) is 0 Å². The van der Waals surface area contributed by atoms with Crippen LogP contribution in [-0.4, -0.2) is 86.2 Å². The first-order valence-corrected chi connectivity index (χ1v) is 11.7. The number of aromatic nitrogens is 2. The summed E-state index contributed by atoms with van der Waals surface area (Å²) in [6.45, 7) is 0.809. The van der Waals surface area contributed by atoms with E-state index in [1.807, 2.05) is 0 Å². The molecule has 14 heteroatoms. The molecule has 1 aliphatic rings. The fourth-order valence-corrected chi connectivity index (χ4v) is 3.99. The number of carbonyl (C=O) groups excluding carboxylic acids is 2. The van der Waals surface area contributed by atoms with Crippen molar-refractivity contribution in [2.45, 2.75) is 24.8 Å². The molecule has 206 valence electrons. The standard InChI is InChI=1S/C25H23F3N4O7/c26-25(27,28)21-20(39-22(30-21)15-4-2-1-3-5-15)16(33)12-14-6-7-17(29-13-14)31-8-10-32(11-9-31)23(36)18(34)19(35)24(37)38/h1-7,13,18-19,34-35H,8-12H2,(H,37,38). The Bertz CT molecular complexity index is 1340. The number of piperazine rings is 1. The molecule has 1 aliphatic heterocycles. The van der Waals surface area contributed by atoms with E-state index in [1.165, 1.54) is 29.3 Å². The highest BCUT2D eigenvalue weighted by Crippen LogP contribution is 2.35. The molecule has 2 atom stereocenters. The van der Waals surface area contributed by atoms with Gasteiger partial charge >= 0.3 is 12.1 Å². The molecule has 0 saturated carbocycles. The molecule has 39 heavy (non-hydrogen) atoms. The molecule has 0 bridgehead atoms. The van der Waals surface area contributed by atoms with Gasteiger partial charge in [0.15, 0.2) is 17.9 Å². The van der Waals surface area contributed by atoms with Crippen LogP contribution < -0.4 is 4.90 Å². The van der Waals surface area contributed by atoms with Crippen LogP contribution in [-0.2, 0) is 22.2 Å². The van der Waals surface area contributed by atoms with Crippen molar-refractivity contribution in [3.63, 3.8) is 0 Å². The zero-order chi connectivity index (χ0) is 28.3. The van der Waals surface area contributed by atoms with Gasteiger partial charge in [-0.25, -0.2) is 14.8 Å². The lowest BCUT2D eigenvalue weighted by molar-refractivity contribution is -0.162. The summed E-state index contributed by atoms with van der Waals surface area (Å²) in [6, 6.07) is 11.0. The van der Waals surface area contributed by atoms with Crippen molar-refractivity contribution in [1.82, 2.24) is 14.9 Å². The second-order valence-electron chi connectivity index (χ2n) is 8.73. The van der Waals surface area contributed by atoms with Crippen molar-refractivity contribution in [2.75, 3.05) is 31.1 Å². The van der Waals surface area contributed by atoms with Gasteiger partial charge in [0.2, 0.25) is 17.4 Å². The number of rotatable bonds is 8. The van der Waals surface area contributed by atoms with Crippen molar-refractivity contribution >= 4 is 23.5 Å². The number of aliphatic hydroxyl groups excluding tert-OH is 2. The second-order valence-corrected chi connectivity index (χ2v) is 8.73. The van der Waals surface area contributed by atoms with Crippen LogP contribution in [0.4, 0.5) is 19.0 Å². The van der Waals surface area contributed by atoms with E-state index in [2.05, 4.69) is 9.97 Å². The third kappa shape index (κ3) is 6.23. The van der Waals surface area contributed by atoms with Crippen molar-refractivity contribution in [3.05, 3.63) is 65.7 Å². The minimum absolute atomic E-state index is 0.125. The molecular formula is C25H23F3N4O7. The van der Waals surface area contributed by atoms with Gasteiger partial charge in [-0.05, 0) is 23.8 Å². The number of carboxylic acids is 1. The number of carbonyl (C=O) groups is 3. The van der Waals surface area contributed by atoms with Gasteiger partial charge < -0.3 is 29.5 Å². The second kappa shape index (κ2) is 11.2. The number of pyridine rings is 1. The summed E-state index contributed by atoms with van der Waals surface area (Å²) in [5.41, 5.74) is -0.763. The smallest absolute Gasteiger partial charge is 0.437 e. The van der Waals surface area contributed by atoms with Gasteiger partial charge in [0.25, 0.3) is 5.91 Å². The molecule has 2 unspecified atom stereocenters. The van der Waals surface area contributed by atoms with Crippen LogP contribution in [0.2, 0.25) is 0 Å². The van der Waals surface area contributed by atoms with E-state index < -0.39 is 53.9 Å². The first kappa shape index (κ1) is 27.7. The maximum atomic E-state index is 13.6. The molecule has 0 aliphatic carbocycles. The summed E-state index contributed by atoms with van der Waals surface area (Å²) in [5, 5.41) is 27.9. The average molecular weight is 548 g/mol. The molecule has 1 saturated heterocycles. The van der Waals surface area contributed by atoms with Gasteiger partial charge in [0.1, 0.15) is 5.82 Å². The number of aliphatic hydroxyl groups is 2. The van der Waals surface area contributed by atoms with E-state index >= 15 is 0 Å². The Balaban J connectivity index is 1.40. The van der Waals surface area contributed by atoms with E-state index in [-0.39, 0.29) is 32.1 Å². The van der Waals surface area contributed by atoms with Crippen LogP contribution in [0.5, 0.6) is 0 Å². The Morgan fingerprint density at radius 1 is 0.974 bits per heavy atom. The summed E-state index contributed by atoms with van der Waals surface area (Å²) in [5.74, 6) is -4.27. The number of ketones is 1. The maximum Gasteiger partial charge on any atom is 0.437 e. The predicted octanol–water partition coefficient (Wildman–Crippen LogP) is 1.64. The van der Waals surface area contributed by atoms with Crippen molar-refractivity contribution in [1.29, 1.82) is 0 Å². The first-order valence-electron chi connectivity index (χ1n) is 11.7. The number of hydrogen-bond acceptors (Lipinski definition) is 9. The third-order valence-corrected chi connectivity index (χ3v) is 6.06. The van der Waals surface area contributed by atoms with E-state index in [0.29, 0.717) is 16.9 Å². The lowest BCUT2D eigenvalue weighted by atomic mass is 10.1. The Hall–Kier alpha value is -4.30. The number of amides is 1. The molecule has 3 heterocycles. The van der Waals surface area contributed by atoms with Gasteiger partial charge in [0, 0.05) is 44.4 Å². The van der Waals surface area contributed by atoms with Crippen LogP contribution in [0.1, 0.15) is 21.8 Å². The monoisotopic (exact) mass is 548 g/mol. The molecule has 4 rings (SSSR count). The maximum absolute atomic E-state index is 13.6. The number of benzene rings is 1. The number of carboxylic acid groups (broad SMARTS) is 1. The summed E-state index contributed by atoms with van der Waals surface area (Å²) in [6.07, 6.45) is -8.28. The number of Topliss-reactive ketones (excluding diaryl/α,β-unsaturated/α-hetero) is 1. The summed E-state index contributed by atoms with van der Waals surface area (Å²) < 4.78 is 45.9. The van der Waals surface area contributed by atoms with Crippen LogP contribution in [0.15, 0.2) is 53.1 Å². The van der Waals surface area contributed by atoms with Crippen LogP contribution in [0.3, 0.4) is 0 Å². The van der Waals surface area contributed by atoms with Crippen molar-refractivity contribution in [3.8, 4) is 11.5 Å². The molecule has 1 amide bonds. The van der Waals surface area contributed by atoms with Crippen molar-refractivity contribution in [2.24, 2.45) is 0 Å². The van der Waals surface area contributed by atoms with Gasteiger partial charge in [0.05, 0.1) is 0 Å². The number of halogens is 3. The fraction of sp³-hybridized carbons (Fsp3) is 0.320. The number of anilines is 1. The first-order chi connectivity index (χ1) is 18.5. The summed E-state index contributed by atoms with van der Waals surface area (Å²) in [4.78, 5) is 46.6. The summed E-state index contributed by atoms with van der Waals surface area (Å²) >= 11 is 0. The number of oxazole rings is 1. The zero-order valence-electron chi connectivity index (χ0n) is 20.2. The minimum Gasteiger partial charge on any atom is -0.479 e. The van der Waals surface area contributed by atoms with Gasteiger partial charge in [-0.2, -0.15) is 13.2 Å². The number of aliphatic carboxylic acids is 1. The number of alkyl halides is 3. The van der Waals surface area contributed by atoms with E-state index in [0.717, 1.165) is 0 Å². The molecule has 1 fully saturated rings. The third-order valence-electron chi connectivity index (χ3n) is 6.06. The van der Waals surface area contributed by atoms with E-state index in [1.54, 1.807) is 29.2 Å². The van der Waals surface area contributed by atoms with E-state index in [9.17, 15) is 37.8 Å². The van der Waals surface area contributed by atoms with E-state index in [4.69, 9.17) is 9.52 Å². The molecule has 3 N–H and O–H groups in total. The Kier molecular flexibility index (Phi) is 7.97. The van der Waals surface area contributed by atoms with Crippen LogP contribution in [0, 0.1) is 0 Å². The number of nitrogens with zero attached hydrogens (tertiary/aromatic N) is 4. The highest BCUT2D eigenvalue weighted by Gasteiger charge is 2.41. The molecule has 0 radical (unpaired) electrons. The lowest BCUT2D eigenvalue weighted by Crippen LogP contribution is -2.54. The molecule has 0 spiro atoms. The van der Waals surface area contributed by atoms with Crippen LogP contribution in [0.25, 0.3) is 11.5 Å². The van der Waals surface area contributed by atoms with Crippen molar-refractivity contribution < 1.29 is 47.3 Å². The highest BCUT2D eigenvalue weighted by molar-refractivity contribution is 5.96.